The fraction of sp³-hybridized carbons (Fsp3) is 0.500. The van der Waals surface area contributed by atoms with Crippen LogP contribution in [-0.2, 0) is 0 Å². The van der Waals surface area contributed by atoms with Crippen LogP contribution in [0.5, 0.6) is 5.75 Å². The monoisotopic (exact) mass is 299 g/mol. The number of methoxy groups -OCH3 is 1. The molecule has 1 N–H and O–H groups in total. The Morgan fingerprint density at radius 2 is 2.05 bits per heavy atom. The van der Waals surface area contributed by atoms with Crippen LogP contribution in [0, 0.1) is 0 Å². The Kier molecular flexibility index (Phi) is 5.11. The molecule has 0 spiro atoms. The van der Waals surface area contributed by atoms with Crippen molar-refractivity contribution in [1.29, 1.82) is 0 Å². The molecule has 2 aromatic rings. The smallest absolute Gasteiger partial charge is 0.119 e. The van der Waals surface area contributed by atoms with E-state index in [1.54, 1.807) is 7.11 Å². The fourth-order valence-corrected chi connectivity index (χ4v) is 3.12. The highest BCUT2D eigenvalue weighted by atomic mass is 16.5. The van der Waals surface area contributed by atoms with Crippen molar-refractivity contribution in [3.63, 3.8) is 0 Å². The van der Waals surface area contributed by atoms with Gasteiger partial charge in [-0.25, -0.2) is 0 Å². The fourth-order valence-electron chi connectivity index (χ4n) is 3.12. The summed E-state index contributed by atoms with van der Waals surface area (Å²) in [5, 5.41) is 4.68. The number of nitrogens with one attached hydrogen (secondary N) is 1. The second kappa shape index (κ2) is 7.45. The first-order chi connectivity index (χ1) is 10.9. The van der Waals surface area contributed by atoms with Gasteiger partial charge in [0.05, 0.1) is 12.6 Å². The minimum Gasteiger partial charge on any atom is -0.497 e. The number of pyridine rings is 1. The summed E-state index contributed by atoms with van der Waals surface area (Å²) >= 11 is 0. The molecule has 3 rings (SSSR count). The van der Waals surface area contributed by atoms with Gasteiger partial charge in [-0.1, -0.05) is 6.42 Å². The zero-order valence-electron chi connectivity index (χ0n) is 13.3. The molecule has 2 heterocycles. The number of nitrogens with zero attached hydrogens (tertiary/aromatic N) is 2. The molecule has 118 valence electrons. The topological polar surface area (TPSA) is 37.4 Å². The van der Waals surface area contributed by atoms with Crippen LogP contribution in [0.3, 0.4) is 0 Å². The maximum Gasteiger partial charge on any atom is 0.119 e. The van der Waals surface area contributed by atoms with Crippen LogP contribution in [0.25, 0.3) is 10.9 Å². The summed E-state index contributed by atoms with van der Waals surface area (Å²) in [5.41, 5.74) is 2.14. The van der Waals surface area contributed by atoms with Crippen LogP contribution in [0.15, 0.2) is 30.5 Å². The molecule has 1 aliphatic rings. The lowest BCUT2D eigenvalue weighted by atomic mass is 10.1. The SMILES string of the molecule is COc1ccc2nccc(NCCCN3CCCCC3)c2c1. The van der Waals surface area contributed by atoms with Gasteiger partial charge in [-0.15, -0.1) is 0 Å². The number of rotatable bonds is 6. The van der Waals surface area contributed by atoms with Crippen molar-refractivity contribution in [1.82, 2.24) is 9.88 Å². The van der Waals surface area contributed by atoms with Crippen molar-refractivity contribution in [2.45, 2.75) is 25.7 Å². The molecule has 1 aromatic heterocycles. The van der Waals surface area contributed by atoms with E-state index < -0.39 is 0 Å². The molecule has 1 aromatic carbocycles. The van der Waals surface area contributed by atoms with Gasteiger partial charge in [0.25, 0.3) is 0 Å². The molecule has 0 amide bonds. The molecule has 22 heavy (non-hydrogen) atoms. The minimum atomic E-state index is 0.872. The van der Waals surface area contributed by atoms with Gasteiger partial charge in [0.15, 0.2) is 0 Å². The largest absolute Gasteiger partial charge is 0.497 e. The summed E-state index contributed by atoms with van der Waals surface area (Å²) in [5.74, 6) is 0.872. The summed E-state index contributed by atoms with van der Waals surface area (Å²) in [6.07, 6.45) is 7.17. The van der Waals surface area contributed by atoms with Gasteiger partial charge in [0.2, 0.25) is 0 Å². The third kappa shape index (κ3) is 3.69. The van der Waals surface area contributed by atoms with Gasteiger partial charge in [-0.3, -0.25) is 4.98 Å². The highest BCUT2D eigenvalue weighted by molar-refractivity contribution is 5.92. The number of fused-ring (bicyclic) bond motifs is 1. The van der Waals surface area contributed by atoms with Crippen LogP contribution in [0.1, 0.15) is 25.7 Å². The zero-order chi connectivity index (χ0) is 15.2. The second-order valence-corrected chi connectivity index (χ2v) is 5.92. The van der Waals surface area contributed by atoms with Crippen LogP contribution in [0.4, 0.5) is 5.69 Å². The van der Waals surface area contributed by atoms with Gasteiger partial charge in [0.1, 0.15) is 5.75 Å². The van der Waals surface area contributed by atoms with E-state index in [9.17, 15) is 0 Å². The summed E-state index contributed by atoms with van der Waals surface area (Å²) in [6.45, 7) is 4.73. The number of ether oxygens (including phenoxy) is 1. The lowest BCUT2D eigenvalue weighted by Crippen LogP contribution is -2.31. The van der Waals surface area contributed by atoms with E-state index in [1.807, 2.05) is 24.4 Å². The first-order valence-electron chi connectivity index (χ1n) is 8.26. The summed E-state index contributed by atoms with van der Waals surface area (Å²) in [6, 6.07) is 8.06. The molecule has 0 aliphatic carbocycles. The molecule has 4 nitrogen and oxygen atoms in total. The van der Waals surface area contributed by atoms with Crippen molar-refractivity contribution in [3.05, 3.63) is 30.5 Å². The Balaban J connectivity index is 1.58. The minimum absolute atomic E-state index is 0.872. The van der Waals surface area contributed by atoms with Crippen LogP contribution in [-0.4, -0.2) is 43.2 Å². The molecule has 1 aliphatic heterocycles. The molecular weight excluding hydrogens is 274 g/mol. The lowest BCUT2D eigenvalue weighted by molar-refractivity contribution is 0.228. The van der Waals surface area contributed by atoms with E-state index in [4.69, 9.17) is 4.74 Å². The second-order valence-electron chi connectivity index (χ2n) is 5.92. The third-order valence-corrected chi connectivity index (χ3v) is 4.36. The molecule has 1 saturated heterocycles. The van der Waals surface area contributed by atoms with Gasteiger partial charge < -0.3 is 15.0 Å². The molecule has 1 fully saturated rings. The highest BCUT2D eigenvalue weighted by Crippen LogP contribution is 2.25. The number of likely N-dealkylation sites (tertiary alicyclic amines) is 1. The predicted molar refractivity (Wildman–Crippen MR) is 91.7 cm³/mol. The molecular formula is C18H25N3O. The van der Waals surface area contributed by atoms with E-state index in [2.05, 4.69) is 21.3 Å². The number of aromatic nitrogens is 1. The standard InChI is InChI=1S/C18H25N3O/c1-22-15-6-7-17-16(14-15)18(8-10-20-17)19-9-5-13-21-11-3-2-4-12-21/h6-8,10,14H,2-5,9,11-13H2,1H3,(H,19,20). The Morgan fingerprint density at radius 3 is 2.86 bits per heavy atom. The highest BCUT2D eigenvalue weighted by Gasteiger charge is 2.09. The molecule has 0 saturated carbocycles. The summed E-state index contributed by atoms with van der Waals surface area (Å²) in [4.78, 5) is 7.00. The van der Waals surface area contributed by atoms with Gasteiger partial charge in [0, 0.05) is 23.8 Å². The average molecular weight is 299 g/mol. The summed E-state index contributed by atoms with van der Waals surface area (Å²) < 4.78 is 5.32. The van der Waals surface area contributed by atoms with Gasteiger partial charge in [-0.05, 0) is 63.2 Å². The number of hydrogen-bond donors (Lipinski definition) is 1. The van der Waals surface area contributed by atoms with E-state index in [0.717, 1.165) is 28.9 Å². The predicted octanol–water partition coefficient (Wildman–Crippen LogP) is 3.53. The Morgan fingerprint density at radius 1 is 1.18 bits per heavy atom. The zero-order valence-corrected chi connectivity index (χ0v) is 13.3. The maximum atomic E-state index is 5.32. The number of anilines is 1. The Labute approximate surface area is 132 Å². The van der Waals surface area contributed by atoms with E-state index in [1.165, 1.54) is 45.3 Å². The van der Waals surface area contributed by atoms with Crippen LogP contribution >= 0.6 is 0 Å². The number of piperidine rings is 1. The summed E-state index contributed by atoms with van der Waals surface area (Å²) in [7, 11) is 1.70. The number of hydrogen-bond acceptors (Lipinski definition) is 4. The molecule has 0 radical (unpaired) electrons. The lowest BCUT2D eigenvalue weighted by Gasteiger charge is -2.26. The van der Waals surface area contributed by atoms with E-state index in [-0.39, 0.29) is 0 Å². The van der Waals surface area contributed by atoms with Gasteiger partial charge >= 0.3 is 0 Å². The van der Waals surface area contributed by atoms with Crippen molar-refractivity contribution >= 4 is 16.6 Å². The van der Waals surface area contributed by atoms with Crippen LogP contribution in [0.2, 0.25) is 0 Å². The van der Waals surface area contributed by atoms with Gasteiger partial charge in [-0.2, -0.15) is 0 Å². The average Bonchev–Trinajstić information content (AvgIpc) is 2.59. The first-order valence-corrected chi connectivity index (χ1v) is 8.26. The third-order valence-electron chi connectivity index (χ3n) is 4.36. The Bertz CT molecular complexity index is 608. The Hall–Kier alpha value is -1.81. The van der Waals surface area contributed by atoms with Crippen molar-refractivity contribution in [3.8, 4) is 5.75 Å². The molecule has 4 heteroatoms. The number of benzene rings is 1. The van der Waals surface area contributed by atoms with Crippen molar-refractivity contribution in [2.24, 2.45) is 0 Å². The molecule has 0 unspecified atom stereocenters. The molecule has 0 bridgehead atoms. The quantitative estimate of drug-likeness (QED) is 0.828. The molecule has 0 atom stereocenters. The van der Waals surface area contributed by atoms with E-state index in [0.29, 0.717) is 0 Å². The van der Waals surface area contributed by atoms with Crippen molar-refractivity contribution < 1.29 is 4.74 Å². The normalized spacial score (nSPS) is 15.9. The maximum absolute atomic E-state index is 5.32. The first kappa shape index (κ1) is 15.1. The van der Waals surface area contributed by atoms with Crippen LogP contribution < -0.4 is 10.1 Å². The van der Waals surface area contributed by atoms with Crippen molar-refractivity contribution in [2.75, 3.05) is 38.6 Å². The van der Waals surface area contributed by atoms with E-state index >= 15 is 0 Å².